The van der Waals surface area contributed by atoms with Gasteiger partial charge in [0.1, 0.15) is 5.82 Å². The Balaban J connectivity index is 2.00. The zero-order chi connectivity index (χ0) is 16.2. The Morgan fingerprint density at radius 2 is 1.86 bits per heavy atom. The Kier molecular flexibility index (Phi) is 5.28. The van der Waals surface area contributed by atoms with Crippen LogP contribution in [0.4, 0.5) is 4.39 Å². The summed E-state index contributed by atoms with van der Waals surface area (Å²) < 4.78 is 39.7. The van der Waals surface area contributed by atoms with E-state index in [1.54, 1.807) is 0 Å². The first-order valence-electron chi connectivity index (χ1n) is 6.86. The average molecular weight is 323 g/mol. The van der Waals surface area contributed by atoms with Crippen LogP contribution in [0.1, 0.15) is 11.1 Å². The fourth-order valence-corrected chi connectivity index (χ4v) is 3.45. The van der Waals surface area contributed by atoms with E-state index >= 15 is 0 Å². The SMILES string of the molecule is Cc1cc(F)ccc1S(=O)(=O)NCC(O)Cc1ccccc1. The van der Waals surface area contributed by atoms with Gasteiger partial charge in [0, 0.05) is 6.54 Å². The highest BCUT2D eigenvalue weighted by Crippen LogP contribution is 2.16. The summed E-state index contributed by atoms with van der Waals surface area (Å²) in [6.45, 7) is 1.42. The van der Waals surface area contributed by atoms with E-state index < -0.39 is 21.9 Å². The largest absolute Gasteiger partial charge is 0.391 e. The minimum atomic E-state index is -3.77. The quantitative estimate of drug-likeness (QED) is 0.855. The Morgan fingerprint density at radius 3 is 2.50 bits per heavy atom. The number of hydrogen-bond donors (Lipinski definition) is 2. The summed E-state index contributed by atoms with van der Waals surface area (Å²) in [7, 11) is -3.77. The van der Waals surface area contributed by atoms with Crippen molar-refractivity contribution in [1.29, 1.82) is 0 Å². The van der Waals surface area contributed by atoms with Crippen LogP contribution in [0.3, 0.4) is 0 Å². The third-order valence-corrected chi connectivity index (χ3v) is 4.83. The highest BCUT2D eigenvalue weighted by atomic mass is 32.2. The van der Waals surface area contributed by atoms with E-state index in [1.807, 2.05) is 30.3 Å². The number of rotatable bonds is 6. The van der Waals surface area contributed by atoms with Crippen molar-refractivity contribution in [2.45, 2.75) is 24.3 Å². The molecule has 4 nitrogen and oxygen atoms in total. The minimum absolute atomic E-state index is 0.0146. The van der Waals surface area contributed by atoms with Gasteiger partial charge in [-0.25, -0.2) is 17.5 Å². The first kappa shape index (κ1) is 16.6. The average Bonchev–Trinajstić information content (AvgIpc) is 2.46. The Hall–Kier alpha value is -1.76. The van der Waals surface area contributed by atoms with Gasteiger partial charge in [-0.2, -0.15) is 0 Å². The van der Waals surface area contributed by atoms with Crippen molar-refractivity contribution in [2.75, 3.05) is 6.54 Å². The molecule has 0 bridgehead atoms. The maximum absolute atomic E-state index is 13.0. The van der Waals surface area contributed by atoms with Crippen molar-refractivity contribution in [3.8, 4) is 0 Å². The Morgan fingerprint density at radius 1 is 1.18 bits per heavy atom. The van der Waals surface area contributed by atoms with Gasteiger partial charge in [-0.1, -0.05) is 30.3 Å². The summed E-state index contributed by atoms with van der Waals surface area (Å²) in [6, 6.07) is 12.8. The van der Waals surface area contributed by atoms with Crippen molar-refractivity contribution in [3.63, 3.8) is 0 Å². The topological polar surface area (TPSA) is 66.4 Å². The summed E-state index contributed by atoms with van der Waals surface area (Å²) in [4.78, 5) is 0.0146. The smallest absolute Gasteiger partial charge is 0.240 e. The van der Waals surface area contributed by atoms with Gasteiger partial charge in [0.25, 0.3) is 0 Å². The lowest BCUT2D eigenvalue weighted by Gasteiger charge is -2.13. The molecule has 1 atom stereocenters. The second-order valence-corrected chi connectivity index (χ2v) is 6.84. The summed E-state index contributed by atoms with van der Waals surface area (Å²) >= 11 is 0. The van der Waals surface area contributed by atoms with Crippen LogP contribution in [-0.4, -0.2) is 26.2 Å². The van der Waals surface area contributed by atoms with Gasteiger partial charge < -0.3 is 5.11 Å². The molecule has 2 aromatic rings. The van der Waals surface area contributed by atoms with Gasteiger partial charge in [-0.15, -0.1) is 0 Å². The molecule has 0 radical (unpaired) electrons. The van der Waals surface area contributed by atoms with Gasteiger partial charge in [0.15, 0.2) is 0 Å². The zero-order valence-corrected chi connectivity index (χ0v) is 13.0. The molecule has 0 aromatic heterocycles. The van der Waals surface area contributed by atoms with Crippen molar-refractivity contribution in [3.05, 3.63) is 65.5 Å². The highest BCUT2D eigenvalue weighted by Gasteiger charge is 2.18. The van der Waals surface area contributed by atoms with Gasteiger partial charge in [-0.05, 0) is 42.7 Å². The van der Waals surface area contributed by atoms with Crippen LogP contribution in [0.15, 0.2) is 53.4 Å². The number of aryl methyl sites for hydroxylation is 1. The van der Waals surface area contributed by atoms with Crippen molar-refractivity contribution < 1.29 is 17.9 Å². The Labute approximate surface area is 129 Å². The molecule has 0 amide bonds. The molecule has 22 heavy (non-hydrogen) atoms. The first-order valence-corrected chi connectivity index (χ1v) is 8.34. The van der Waals surface area contributed by atoms with Crippen LogP contribution >= 0.6 is 0 Å². The van der Waals surface area contributed by atoms with Crippen LogP contribution in [0.2, 0.25) is 0 Å². The van der Waals surface area contributed by atoms with E-state index in [4.69, 9.17) is 0 Å². The van der Waals surface area contributed by atoms with E-state index in [2.05, 4.69) is 4.72 Å². The van der Waals surface area contributed by atoms with Crippen LogP contribution in [-0.2, 0) is 16.4 Å². The Bertz CT molecular complexity index is 732. The van der Waals surface area contributed by atoms with E-state index in [9.17, 15) is 17.9 Å². The molecule has 0 aliphatic heterocycles. The lowest BCUT2D eigenvalue weighted by Crippen LogP contribution is -2.33. The molecule has 2 N–H and O–H groups in total. The third-order valence-electron chi connectivity index (χ3n) is 3.25. The molecule has 2 rings (SSSR count). The lowest BCUT2D eigenvalue weighted by atomic mass is 10.1. The number of aliphatic hydroxyl groups excluding tert-OH is 1. The second-order valence-electron chi connectivity index (χ2n) is 5.11. The van der Waals surface area contributed by atoms with Crippen molar-refractivity contribution in [1.82, 2.24) is 4.72 Å². The predicted molar refractivity (Wildman–Crippen MR) is 82.5 cm³/mol. The molecule has 0 aliphatic carbocycles. The summed E-state index contributed by atoms with van der Waals surface area (Å²) in [6.07, 6.45) is -0.482. The summed E-state index contributed by atoms with van der Waals surface area (Å²) in [5, 5.41) is 9.94. The molecule has 0 heterocycles. The normalized spacial score (nSPS) is 13.0. The van der Waals surface area contributed by atoms with E-state index in [-0.39, 0.29) is 11.4 Å². The highest BCUT2D eigenvalue weighted by molar-refractivity contribution is 7.89. The summed E-state index contributed by atoms with van der Waals surface area (Å²) in [5.74, 6) is -0.486. The van der Waals surface area contributed by atoms with E-state index in [0.717, 1.165) is 17.7 Å². The molecule has 0 spiro atoms. The number of sulfonamides is 1. The molecule has 2 aromatic carbocycles. The maximum atomic E-state index is 13.0. The predicted octanol–water partition coefficient (Wildman–Crippen LogP) is 2.02. The summed E-state index contributed by atoms with van der Waals surface area (Å²) in [5.41, 5.74) is 1.25. The van der Waals surface area contributed by atoms with E-state index in [1.165, 1.54) is 13.0 Å². The standard InChI is InChI=1S/C16H18FNO3S/c1-12-9-14(17)7-8-16(12)22(20,21)18-11-15(19)10-13-5-3-2-4-6-13/h2-9,15,18-19H,10-11H2,1H3. The van der Waals surface area contributed by atoms with Crippen LogP contribution in [0, 0.1) is 12.7 Å². The molecule has 0 aliphatic rings. The molecule has 6 heteroatoms. The van der Waals surface area contributed by atoms with Gasteiger partial charge in [0.2, 0.25) is 10.0 Å². The number of hydrogen-bond acceptors (Lipinski definition) is 3. The number of benzene rings is 2. The fourth-order valence-electron chi connectivity index (χ4n) is 2.16. The zero-order valence-electron chi connectivity index (χ0n) is 12.2. The molecule has 0 fully saturated rings. The number of nitrogens with one attached hydrogen (secondary N) is 1. The van der Waals surface area contributed by atoms with Crippen molar-refractivity contribution >= 4 is 10.0 Å². The molecule has 118 valence electrons. The van der Waals surface area contributed by atoms with Gasteiger partial charge in [-0.3, -0.25) is 0 Å². The van der Waals surface area contributed by atoms with Crippen LogP contribution < -0.4 is 4.72 Å². The molecular weight excluding hydrogens is 305 g/mol. The van der Waals surface area contributed by atoms with Gasteiger partial charge >= 0.3 is 0 Å². The fraction of sp³-hybridized carbons (Fsp3) is 0.250. The number of aliphatic hydroxyl groups is 1. The van der Waals surface area contributed by atoms with Crippen molar-refractivity contribution in [2.24, 2.45) is 0 Å². The molecule has 0 saturated heterocycles. The molecule has 0 saturated carbocycles. The van der Waals surface area contributed by atoms with Crippen LogP contribution in [0.5, 0.6) is 0 Å². The van der Waals surface area contributed by atoms with Crippen LogP contribution in [0.25, 0.3) is 0 Å². The lowest BCUT2D eigenvalue weighted by molar-refractivity contribution is 0.179. The van der Waals surface area contributed by atoms with E-state index in [0.29, 0.717) is 12.0 Å². The third kappa shape index (κ3) is 4.37. The monoisotopic (exact) mass is 323 g/mol. The molecular formula is C16H18FNO3S. The van der Waals surface area contributed by atoms with Gasteiger partial charge in [0.05, 0.1) is 11.0 Å². The second kappa shape index (κ2) is 7.00. The maximum Gasteiger partial charge on any atom is 0.240 e. The minimum Gasteiger partial charge on any atom is -0.391 e. The molecule has 1 unspecified atom stereocenters. The number of halogens is 1. The first-order chi connectivity index (χ1) is 10.4.